The molecule has 0 bridgehead atoms. The second-order valence-corrected chi connectivity index (χ2v) is 10.8. The number of nitrogens with zero attached hydrogens (tertiary/aromatic N) is 3. The zero-order valence-electron chi connectivity index (χ0n) is 23.3. The highest BCUT2D eigenvalue weighted by atomic mass is 16.3. The van der Waals surface area contributed by atoms with Crippen LogP contribution in [0.2, 0.25) is 0 Å². The van der Waals surface area contributed by atoms with Crippen molar-refractivity contribution in [2.75, 3.05) is 0 Å². The van der Waals surface area contributed by atoms with E-state index in [1.807, 2.05) is 19.2 Å². The van der Waals surface area contributed by atoms with Gasteiger partial charge in [-0.15, -0.1) is 0 Å². The van der Waals surface area contributed by atoms with Gasteiger partial charge >= 0.3 is 0 Å². The first kappa shape index (κ1) is 24.2. The fourth-order valence-corrected chi connectivity index (χ4v) is 5.86. The number of fused-ring (bicyclic) bond motifs is 4. The summed E-state index contributed by atoms with van der Waals surface area (Å²) in [5.74, 6) is 0. The Morgan fingerprint density at radius 1 is 0.575 bits per heavy atom. The van der Waals surface area contributed by atoms with Gasteiger partial charge in [0.2, 0.25) is 5.71 Å². The van der Waals surface area contributed by atoms with Gasteiger partial charge in [0, 0.05) is 39.2 Å². The fraction of sp³-hybridized carbons (Fsp3) is 0.139. The maximum Gasteiger partial charge on any atom is 0.227 e. The monoisotopic (exact) mass is 519 g/mol. The zero-order chi connectivity index (χ0) is 27.5. The van der Waals surface area contributed by atoms with Gasteiger partial charge in [-0.05, 0) is 110 Å². The van der Waals surface area contributed by atoms with Crippen LogP contribution in [0.3, 0.4) is 0 Å². The van der Waals surface area contributed by atoms with Crippen molar-refractivity contribution in [2.45, 2.75) is 34.6 Å². The summed E-state index contributed by atoms with van der Waals surface area (Å²) in [6.45, 7) is 10.6. The third-order valence-corrected chi connectivity index (χ3v) is 7.95. The van der Waals surface area contributed by atoms with Crippen LogP contribution in [-0.2, 0) is 0 Å². The third kappa shape index (κ3) is 3.87. The molecule has 194 valence electrons. The minimum absolute atomic E-state index is 0.660. The fourth-order valence-electron chi connectivity index (χ4n) is 5.86. The zero-order valence-corrected chi connectivity index (χ0v) is 23.3. The van der Waals surface area contributed by atoms with Crippen LogP contribution in [0.15, 0.2) is 89.5 Å². The SMILES string of the molecule is Cc1ccc2c(n1)oc1c(-c3cc(-c4cc5ccc(-c6c(C)cccc6C)nc5cc4C)c(C)cn3)cccc12. The molecule has 0 saturated heterocycles. The first-order valence-electron chi connectivity index (χ1n) is 13.6. The number of furan rings is 1. The van der Waals surface area contributed by atoms with Gasteiger partial charge in [-0.1, -0.05) is 36.4 Å². The summed E-state index contributed by atoms with van der Waals surface area (Å²) >= 11 is 0. The van der Waals surface area contributed by atoms with Gasteiger partial charge < -0.3 is 4.42 Å². The van der Waals surface area contributed by atoms with Crippen LogP contribution < -0.4 is 0 Å². The molecule has 0 radical (unpaired) electrons. The Bertz CT molecular complexity index is 2100. The van der Waals surface area contributed by atoms with Gasteiger partial charge in [-0.25, -0.2) is 9.97 Å². The highest BCUT2D eigenvalue weighted by molar-refractivity contribution is 6.08. The Kier molecular flexibility index (Phi) is 5.53. The maximum atomic E-state index is 6.28. The van der Waals surface area contributed by atoms with E-state index >= 15 is 0 Å². The van der Waals surface area contributed by atoms with E-state index in [0.29, 0.717) is 5.71 Å². The molecule has 0 aliphatic carbocycles. The first-order chi connectivity index (χ1) is 19.4. The van der Waals surface area contributed by atoms with Crippen molar-refractivity contribution in [3.8, 4) is 33.6 Å². The summed E-state index contributed by atoms with van der Waals surface area (Å²) in [7, 11) is 0. The van der Waals surface area contributed by atoms with Gasteiger partial charge in [-0.2, -0.15) is 0 Å². The molecule has 0 unspecified atom stereocenters. The van der Waals surface area contributed by atoms with Gasteiger partial charge in [0.05, 0.1) is 16.9 Å². The molecular weight excluding hydrogens is 490 g/mol. The van der Waals surface area contributed by atoms with Gasteiger partial charge in [0.1, 0.15) is 5.58 Å². The molecule has 7 rings (SSSR count). The van der Waals surface area contributed by atoms with Crippen molar-refractivity contribution in [1.82, 2.24) is 15.0 Å². The Balaban J connectivity index is 1.36. The van der Waals surface area contributed by atoms with Crippen LogP contribution in [0.1, 0.15) is 27.9 Å². The number of hydrogen-bond donors (Lipinski definition) is 0. The third-order valence-electron chi connectivity index (χ3n) is 7.95. The molecule has 4 heterocycles. The molecule has 0 aliphatic heterocycles. The molecule has 0 spiro atoms. The first-order valence-corrected chi connectivity index (χ1v) is 13.6. The molecule has 0 N–H and O–H groups in total. The Labute approximate surface area is 233 Å². The van der Waals surface area contributed by atoms with Crippen LogP contribution in [0.4, 0.5) is 0 Å². The van der Waals surface area contributed by atoms with Crippen molar-refractivity contribution in [3.63, 3.8) is 0 Å². The molecule has 7 aromatic rings. The van der Waals surface area contributed by atoms with Crippen molar-refractivity contribution in [2.24, 2.45) is 0 Å². The van der Waals surface area contributed by atoms with E-state index in [1.165, 1.54) is 27.8 Å². The molecular formula is C36H29N3O. The van der Waals surface area contributed by atoms with Crippen molar-refractivity contribution >= 4 is 33.0 Å². The van der Waals surface area contributed by atoms with Crippen molar-refractivity contribution in [1.29, 1.82) is 0 Å². The summed E-state index contributed by atoms with van der Waals surface area (Å²) in [4.78, 5) is 14.5. The number of pyridine rings is 3. The van der Waals surface area contributed by atoms with E-state index in [9.17, 15) is 0 Å². The molecule has 3 aromatic carbocycles. The van der Waals surface area contributed by atoms with E-state index in [2.05, 4.69) is 105 Å². The smallest absolute Gasteiger partial charge is 0.227 e. The van der Waals surface area contributed by atoms with Crippen molar-refractivity contribution in [3.05, 3.63) is 113 Å². The van der Waals surface area contributed by atoms with Gasteiger partial charge in [0.25, 0.3) is 0 Å². The topological polar surface area (TPSA) is 51.8 Å². The molecule has 0 fully saturated rings. The van der Waals surface area contributed by atoms with E-state index < -0.39 is 0 Å². The quantitative estimate of drug-likeness (QED) is 0.233. The van der Waals surface area contributed by atoms with Crippen LogP contribution in [0.25, 0.3) is 66.6 Å². The normalized spacial score (nSPS) is 11.6. The highest BCUT2D eigenvalue weighted by Crippen LogP contribution is 2.38. The second kappa shape index (κ2) is 9.13. The second-order valence-electron chi connectivity index (χ2n) is 10.8. The number of rotatable bonds is 3. The number of hydrogen-bond acceptors (Lipinski definition) is 4. The van der Waals surface area contributed by atoms with Crippen molar-refractivity contribution < 1.29 is 4.42 Å². The molecule has 0 saturated carbocycles. The largest absolute Gasteiger partial charge is 0.437 e. The summed E-state index contributed by atoms with van der Waals surface area (Å²) in [5, 5.41) is 3.19. The number of benzene rings is 3. The molecule has 0 amide bonds. The molecule has 0 atom stereocenters. The molecule has 4 heteroatoms. The van der Waals surface area contributed by atoms with Crippen LogP contribution >= 0.6 is 0 Å². The maximum absolute atomic E-state index is 6.28. The Morgan fingerprint density at radius 2 is 1.35 bits per heavy atom. The van der Waals surface area contributed by atoms with Gasteiger partial charge in [-0.3, -0.25) is 4.98 Å². The average Bonchev–Trinajstić information content (AvgIpc) is 3.31. The summed E-state index contributed by atoms with van der Waals surface area (Å²) in [6, 6.07) is 27.7. The highest BCUT2D eigenvalue weighted by Gasteiger charge is 2.17. The molecule has 4 nitrogen and oxygen atoms in total. The molecule has 0 aliphatic rings. The molecule has 40 heavy (non-hydrogen) atoms. The summed E-state index contributed by atoms with van der Waals surface area (Å²) in [5.41, 5.74) is 14.6. The number of para-hydroxylation sites is 1. The van der Waals surface area contributed by atoms with E-state index in [4.69, 9.17) is 14.4 Å². The predicted molar refractivity (Wildman–Crippen MR) is 165 cm³/mol. The number of aryl methyl sites for hydroxylation is 5. The minimum atomic E-state index is 0.660. The Morgan fingerprint density at radius 3 is 2.17 bits per heavy atom. The molecule has 4 aromatic heterocycles. The summed E-state index contributed by atoms with van der Waals surface area (Å²) < 4.78 is 6.28. The lowest BCUT2D eigenvalue weighted by Gasteiger charge is -2.14. The lowest BCUT2D eigenvalue weighted by Crippen LogP contribution is -1.95. The lowest BCUT2D eigenvalue weighted by atomic mass is 9.93. The lowest BCUT2D eigenvalue weighted by molar-refractivity contribution is 0.653. The van der Waals surface area contributed by atoms with E-state index in [1.54, 1.807) is 0 Å². The van der Waals surface area contributed by atoms with E-state index in [-0.39, 0.29) is 0 Å². The average molecular weight is 520 g/mol. The standard InChI is InChI=1S/C36H29N3O/c1-20-8-6-9-21(2)34(20)31-15-13-25-17-29(22(3)16-32(25)39-31)30-18-33(37-19-23(30)4)28-11-7-10-26-27-14-12-24(5)38-36(27)40-35(26)28/h6-19H,1-5H3. The van der Waals surface area contributed by atoms with E-state index in [0.717, 1.165) is 61.0 Å². The summed E-state index contributed by atoms with van der Waals surface area (Å²) in [6.07, 6.45) is 1.96. The minimum Gasteiger partial charge on any atom is -0.437 e. The van der Waals surface area contributed by atoms with Gasteiger partial charge in [0.15, 0.2) is 0 Å². The van der Waals surface area contributed by atoms with Crippen LogP contribution in [-0.4, -0.2) is 15.0 Å². The van der Waals surface area contributed by atoms with Crippen LogP contribution in [0, 0.1) is 34.6 Å². The van der Waals surface area contributed by atoms with Crippen LogP contribution in [0.5, 0.6) is 0 Å². The Hall–Kier alpha value is -4.83. The number of aromatic nitrogens is 3. The predicted octanol–water partition coefficient (Wildman–Crippen LogP) is 9.47.